The molecule has 0 radical (unpaired) electrons. The molecule has 3 fully saturated rings. The number of carbonyl (C=O) groups is 4. The Balaban J connectivity index is 1.39. The Morgan fingerprint density at radius 3 is 2.36 bits per heavy atom. The molecule has 18 heteroatoms. The van der Waals surface area contributed by atoms with E-state index in [0.29, 0.717) is 32.4 Å². The summed E-state index contributed by atoms with van der Waals surface area (Å²) in [4.78, 5) is 77.6. The molecule has 1 aromatic heterocycles. The number of unbranched alkanes of at least 4 members (excludes halogenated alkanes) is 1. The summed E-state index contributed by atoms with van der Waals surface area (Å²) in [5, 5.41) is 23.9. The number of hydrogen-bond acceptors (Lipinski definition) is 15. The van der Waals surface area contributed by atoms with Crippen LogP contribution in [0.5, 0.6) is 0 Å². The van der Waals surface area contributed by atoms with Crippen molar-refractivity contribution in [3.05, 3.63) is 70.5 Å². The van der Waals surface area contributed by atoms with Gasteiger partial charge in [-0.2, -0.15) is 0 Å². The molecular weight excluding hydrogens is 891 g/mol. The van der Waals surface area contributed by atoms with Gasteiger partial charge in [0.15, 0.2) is 11.9 Å². The molecule has 14 atom stereocenters. The Hall–Kier alpha value is -5.01. The van der Waals surface area contributed by atoms with Crippen LogP contribution in [-0.4, -0.2) is 141 Å². The van der Waals surface area contributed by atoms with Gasteiger partial charge in [-0.1, -0.05) is 65.0 Å². The number of methoxy groups -OCH3 is 1. The summed E-state index contributed by atoms with van der Waals surface area (Å²) in [6.07, 6.45) is -3.48. The summed E-state index contributed by atoms with van der Waals surface area (Å²) in [5.41, 5.74) is -1.15. The van der Waals surface area contributed by atoms with Crippen LogP contribution < -0.4 is 0 Å². The number of nitro benzene ring substituents is 1. The van der Waals surface area contributed by atoms with Gasteiger partial charge in [-0.25, -0.2) is 9.78 Å². The number of para-hydroxylation sites is 3. The number of ketones is 1. The number of rotatable bonds is 15. The highest BCUT2D eigenvalue weighted by molar-refractivity contribution is 5.85. The Morgan fingerprint density at radius 1 is 1.00 bits per heavy atom. The predicted octanol–water partition coefficient (Wildman–Crippen LogP) is 6.90. The van der Waals surface area contributed by atoms with Gasteiger partial charge in [0.1, 0.15) is 24.1 Å². The number of Topliss-reactive ketones (excluding diaryl/α,β-unsaturated/α-hetero) is 1. The second-order valence-electron chi connectivity index (χ2n) is 19.9. The number of aliphatic hydroxyl groups is 1. The van der Waals surface area contributed by atoms with Crippen molar-refractivity contribution in [2.24, 2.45) is 23.7 Å². The molecule has 0 saturated carbocycles. The molecule has 69 heavy (non-hydrogen) atoms. The smallest absolute Gasteiger partial charge is 0.410 e. The number of nitro groups is 1. The minimum Gasteiger partial charge on any atom is -0.461 e. The number of amides is 1. The molecular formula is C51H73N5O13. The van der Waals surface area contributed by atoms with E-state index in [0.717, 1.165) is 11.0 Å². The van der Waals surface area contributed by atoms with Gasteiger partial charge in [0.2, 0.25) is 0 Å². The summed E-state index contributed by atoms with van der Waals surface area (Å²) >= 11 is 0. The Bertz CT molecular complexity index is 2290. The topological polar surface area (TPSA) is 211 Å². The Morgan fingerprint density at radius 2 is 1.68 bits per heavy atom. The molecule has 1 N–H and O–H groups in total. The van der Waals surface area contributed by atoms with Crippen LogP contribution in [0.15, 0.2) is 54.9 Å². The number of benzene rings is 2. The first kappa shape index (κ1) is 53.3. The first-order valence-electron chi connectivity index (χ1n) is 24.5. The van der Waals surface area contributed by atoms with Crippen LogP contribution in [0.2, 0.25) is 0 Å². The molecule has 380 valence electrons. The molecule has 0 bridgehead atoms. The highest BCUT2D eigenvalue weighted by Gasteiger charge is 2.60. The molecule has 6 rings (SSSR count). The average Bonchev–Trinajstić information content (AvgIpc) is 3.86. The molecule has 0 unspecified atom stereocenters. The summed E-state index contributed by atoms with van der Waals surface area (Å²) in [6.45, 7) is 17.6. The van der Waals surface area contributed by atoms with Crippen LogP contribution in [0, 0.1) is 33.8 Å². The molecule has 3 aliphatic rings. The van der Waals surface area contributed by atoms with Gasteiger partial charge in [0.25, 0.3) is 5.69 Å². The lowest BCUT2D eigenvalue weighted by atomic mass is 9.73. The van der Waals surface area contributed by atoms with Crippen LogP contribution in [0.3, 0.4) is 0 Å². The van der Waals surface area contributed by atoms with Crippen molar-refractivity contribution in [2.45, 2.75) is 167 Å². The van der Waals surface area contributed by atoms with E-state index in [4.69, 9.17) is 28.4 Å². The Kier molecular flexibility index (Phi) is 17.3. The molecule has 1 amide bonds. The van der Waals surface area contributed by atoms with E-state index in [-0.39, 0.29) is 48.6 Å². The molecule has 3 aromatic rings. The van der Waals surface area contributed by atoms with Gasteiger partial charge in [0.05, 0.1) is 58.5 Å². The average molecular weight is 964 g/mol. The molecule has 3 saturated heterocycles. The number of carbonyl (C=O) groups excluding carboxylic acids is 4. The van der Waals surface area contributed by atoms with Crippen LogP contribution in [0.4, 0.5) is 10.5 Å². The lowest BCUT2D eigenvalue weighted by molar-refractivity contribution is -0.385. The quantitative estimate of drug-likeness (QED) is 0.0540. The van der Waals surface area contributed by atoms with Crippen molar-refractivity contribution in [2.75, 3.05) is 27.2 Å². The summed E-state index contributed by atoms with van der Waals surface area (Å²) in [6, 6.07) is 12.5. The second kappa shape index (κ2) is 22.4. The SMILES string of the molecule is CC[C@H]1OC(=O)[C@H](C)[C@@H](OC(=O)Cc2ccccc2[N+](=O)[O-])[C@H](C)[C@@H](O[C@H]2O[C@@H](C)C[C@@H](N(C)CC)[C@@H]2O)[C@](C)(OC)C[C@@H](C)C(=O)[C@H](C)[C@H]2N(CCCCn3cnc4ccccc43)C(=O)O[C@]12C. The molecule has 3 aliphatic heterocycles. The van der Waals surface area contributed by atoms with E-state index in [2.05, 4.69) is 9.55 Å². The number of imidazole rings is 1. The lowest BCUT2D eigenvalue weighted by Gasteiger charge is -2.48. The van der Waals surface area contributed by atoms with E-state index >= 15 is 4.79 Å². The fourth-order valence-corrected chi connectivity index (χ4v) is 11.2. The third-order valence-electron chi connectivity index (χ3n) is 15.1. The second-order valence-corrected chi connectivity index (χ2v) is 19.9. The number of esters is 2. The fourth-order valence-electron chi connectivity index (χ4n) is 11.2. The van der Waals surface area contributed by atoms with Crippen LogP contribution >= 0.6 is 0 Å². The number of ether oxygens (including phenoxy) is 6. The van der Waals surface area contributed by atoms with Gasteiger partial charge in [0, 0.05) is 55.6 Å². The zero-order valence-electron chi connectivity index (χ0n) is 42.1. The Labute approximate surface area is 405 Å². The maximum atomic E-state index is 15.1. The van der Waals surface area contributed by atoms with Gasteiger partial charge >= 0.3 is 18.0 Å². The maximum Gasteiger partial charge on any atom is 0.410 e. The van der Waals surface area contributed by atoms with Crippen molar-refractivity contribution < 1.29 is 57.6 Å². The first-order chi connectivity index (χ1) is 32.7. The number of hydrogen-bond donors (Lipinski definition) is 1. The number of fused-ring (bicyclic) bond motifs is 2. The van der Waals surface area contributed by atoms with E-state index in [9.17, 15) is 29.6 Å². The van der Waals surface area contributed by atoms with Crippen LogP contribution in [0.25, 0.3) is 11.0 Å². The minimum atomic E-state index is -1.49. The van der Waals surface area contributed by atoms with Crippen molar-refractivity contribution in [1.29, 1.82) is 0 Å². The summed E-state index contributed by atoms with van der Waals surface area (Å²) in [5.74, 6) is -5.52. The van der Waals surface area contributed by atoms with E-state index in [1.54, 1.807) is 65.8 Å². The largest absolute Gasteiger partial charge is 0.461 e. The number of cyclic esters (lactones) is 1. The minimum absolute atomic E-state index is 0.0579. The van der Waals surface area contributed by atoms with Gasteiger partial charge in [-0.3, -0.25) is 24.5 Å². The molecule has 18 nitrogen and oxygen atoms in total. The van der Waals surface area contributed by atoms with E-state index < -0.39 is 101 Å². The van der Waals surface area contributed by atoms with Crippen molar-refractivity contribution >= 4 is 40.5 Å². The third-order valence-corrected chi connectivity index (χ3v) is 15.1. The zero-order valence-corrected chi connectivity index (χ0v) is 42.1. The number of nitrogens with zero attached hydrogens (tertiary/aromatic N) is 5. The maximum absolute atomic E-state index is 15.1. The first-order valence-corrected chi connectivity index (χ1v) is 24.5. The van der Waals surface area contributed by atoms with E-state index in [1.807, 2.05) is 50.1 Å². The van der Waals surface area contributed by atoms with Crippen molar-refractivity contribution in [3.63, 3.8) is 0 Å². The van der Waals surface area contributed by atoms with Gasteiger partial charge in [-0.05, 0) is 85.5 Å². The van der Waals surface area contributed by atoms with Crippen LogP contribution in [0.1, 0.15) is 100.0 Å². The third kappa shape index (κ3) is 11.3. The number of aryl methyl sites for hydroxylation is 1. The van der Waals surface area contributed by atoms with E-state index in [1.165, 1.54) is 25.3 Å². The fraction of sp³-hybridized carbons (Fsp3) is 0.667. The normalized spacial score (nSPS) is 33.7. The molecule has 2 aromatic carbocycles. The highest BCUT2D eigenvalue weighted by atomic mass is 16.7. The van der Waals surface area contributed by atoms with Crippen LogP contribution in [-0.2, 0) is 55.8 Å². The van der Waals surface area contributed by atoms with Gasteiger partial charge < -0.3 is 47.9 Å². The standard InChI is InChI=1S/C51H73N5O13/c1-12-40-51(9)45(55(49(61)69-51)25-19-18-24-54-29-52-36-21-15-17-23-38(36)54)32(5)42(58)30(3)28-50(8,64-11)46(68-48-43(59)39(53(10)13-2)26-31(4)65-48)33(6)44(34(7)47(60)66-40)67-41(57)27-35-20-14-16-22-37(35)56(62)63/h14-17,20-23,29-34,39-40,43-46,48,59H,12-13,18-19,24-28H2,1-11H3/t30-,31+,32+,33+,34-,39-,40-,43+,44+,45-,46-,48-,50-,51-/m1/s1. The molecule has 4 heterocycles. The molecule has 0 aliphatic carbocycles. The van der Waals surface area contributed by atoms with Crippen molar-refractivity contribution in [3.8, 4) is 0 Å². The predicted molar refractivity (Wildman–Crippen MR) is 255 cm³/mol. The number of aliphatic hydroxyl groups excluding tert-OH is 1. The number of aromatic nitrogens is 2. The number of likely N-dealkylation sites (N-methyl/N-ethyl adjacent to an activating group) is 1. The monoisotopic (exact) mass is 964 g/mol. The zero-order chi connectivity index (χ0) is 50.5. The molecule has 0 spiro atoms. The van der Waals surface area contributed by atoms with Gasteiger partial charge in [-0.15, -0.1) is 0 Å². The summed E-state index contributed by atoms with van der Waals surface area (Å²) < 4.78 is 40.6. The van der Waals surface area contributed by atoms with Crippen molar-refractivity contribution in [1.82, 2.24) is 19.4 Å². The summed E-state index contributed by atoms with van der Waals surface area (Å²) in [7, 11) is 3.39. The lowest BCUT2D eigenvalue weighted by Crippen LogP contribution is -2.61. The highest BCUT2D eigenvalue weighted by Crippen LogP contribution is 2.44.